The van der Waals surface area contributed by atoms with Crippen molar-refractivity contribution in [2.24, 2.45) is 5.73 Å². The van der Waals surface area contributed by atoms with Gasteiger partial charge in [0.15, 0.2) is 5.79 Å². The van der Waals surface area contributed by atoms with Gasteiger partial charge >= 0.3 is 0 Å². The summed E-state index contributed by atoms with van der Waals surface area (Å²) < 4.78 is 0. The van der Waals surface area contributed by atoms with Crippen LogP contribution in [0.15, 0.2) is 30.8 Å². The molecule has 0 spiro atoms. The monoisotopic (exact) mass is 216 g/mol. The van der Waals surface area contributed by atoms with Crippen molar-refractivity contribution in [1.82, 2.24) is 16.0 Å². The molecule has 0 saturated carbocycles. The zero-order valence-corrected chi connectivity index (χ0v) is 9.09. The van der Waals surface area contributed by atoms with Crippen LogP contribution in [0.5, 0.6) is 0 Å². The van der Waals surface area contributed by atoms with Gasteiger partial charge in [0.05, 0.1) is 0 Å². The molecule has 4 nitrogen and oxygen atoms in total. The summed E-state index contributed by atoms with van der Waals surface area (Å²) in [6, 6.07) is 8.30. The lowest BCUT2D eigenvalue weighted by molar-refractivity contribution is -0.217. The number of nitrogens with one attached hydrogen (secondary N) is 3. The molecule has 3 fully saturated rings. The van der Waals surface area contributed by atoms with E-state index in [1.165, 1.54) is 5.56 Å². The van der Waals surface area contributed by atoms with Crippen LogP contribution in [0.2, 0.25) is 0 Å². The second-order valence-corrected chi connectivity index (χ2v) is 4.40. The van der Waals surface area contributed by atoms with E-state index in [-0.39, 0.29) is 11.6 Å². The van der Waals surface area contributed by atoms with Gasteiger partial charge in [0, 0.05) is 12.0 Å². The molecule has 3 aliphatic rings. The fraction of sp³-hybridized carbons (Fsp3) is 0.333. The number of nitrogens with two attached hydrogens (primary N) is 1. The summed E-state index contributed by atoms with van der Waals surface area (Å²) in [5.74, 6) is -0.346. The van der Waals surface area contributed by atoms with Gasteiger partial charge in [-0.05, 0) is 12.1 Å². The van der Waals surface area contributed by atoms with E-state index >= 15 is 0 Å². The Labute approximate surface area is 94.9 Å². The first-order valence-electron chi connectivity index (χ1n) is 5.53. The summed E-state index contributed by atoms with van der Waals surface area (Å²) in [4.78, 5) is 0. The topological polar surface area (TPSA) is 62.1 Å². The quantitative estimate of drug-likeness (QED) is 0.582. The van der Waals surface area contributed by atoms with Crippen molar-refractivity contribution < 1.29 is 0 Å². The molecular formula is C12H16N4. The minimum absolute atomic E-state index is 0.119. The van der Waals surface area contributed by atoms with Crippen molar-refractivity contribution in [2.75, 3.05) is 6.54 Å². The van der Waals surface area contributed by atoms with E-state index in [0.29, 0.717) is 6.54 Å². The molecule has 3 heterocycles. The summed E-state index contributed by atoms with van der Waals surface area (Å²) in [6.07, 6.45) is 2.73. The average molecular weight is 216 g/mol. The Balaban J connectivity index is 1.74. The summed E-state index contributed by atoms with van der Waals surface area (Å²) in [6.45, 7) is 4.41. The highest BCUT2D eigenvalue weighted by molar-refractivity contribution is 5.49. The number of hydrogen-bond acceptors (Lipinski definition) is 4. The van der Waals surface area contributed by atoms with E-state index < -0.39 is 0 Å². The molecular weight excluding hydrogens is 200 g/mol. The summed E-state index contributed by atoms with van der Waals surface area (Å²) in [5.41, 5.74) is 7.86. The van der Waals surface area contributed by atoms with Crippen molar-refractivity contribution in [2.45, 2.75) is 18.0 Å². The number of benzene rings is 1. The van der Waals surface area contributed by atoms with E-state index in [1.807, 2.05) is 6.08 Å². The van der Waals surface area contributed by atoms with E-state index in [2.05, 4.69) is 46.8 Å². The van der Waals surface area contributed by atoms with Gasteiger partial charge in [0.1, 0.15) is 5.79 Å². The second-order valence-electron chi connectivity index (χ2n) is 4.40. The zero-order valence-electron chi connectivity index (χ0n) is 9.09. The molecule has 1 aromatic rings. The fourth-order valence-electron chi connectivity index (χ4n) is 2.45. The molecule has 5 N–H and O–H groups in total. The Kier molecular flexibility index (Phi) is 1.96. The fourth-order valence-corrected chi connectivity index (χ4v) is 2.45. The maximum Gasteiger partial charge on any atom is 0.157 e. The standard InChI is InChI=1S/C12H16N4/c1-2-9-3-5-10(6-4-9)12-14-11(15-12,16-12)7-8-13/h2-6,14-16H,1,7-8,13H2. The maximum atomic E-state index is 5.54. The lowest BCUT2D eigenvalue weighted by Gasteiger charge is -2.73. The number of hydrogen-bond donors (Lipinski definition) is 4. The molecule has 0 aliphatic carbocycles. The van der Waals surface area contributed by atoms with Gasteiger partial charge in [0.25, 0.3) is 0 Å². The van der Waals surface area contributed by atoms with Crippen LogP contribution < -0.4 is 21.7 Å². The molecule has 0 radical (unpaired) electrons. The highest BCUT2D eigenvalue weighted by Gasteiger charge is 2.67. The Hall–Kier alpha value is -1.20. The predicted molar refractivity (Wildman–Crippen MR) is 64.0 cm³/mol. The minimum atomic E-state index is -0.227. The Morgan fingerprint density at radius 1 is 1.19 bits per heavy atom. The van der Waals surface area contributed by atoms with Gasteiger partial charge in [-0.15, -0.1) is 0 Å². The Bertz CT molecular complexity index is 403. The highest BCUT2D eigenvalue weighted by atomic mass is 15.8. The summed E-state index contributed by atoms with van der Waals surface area (Å²) in [5, 5.41) is 10.4. The smallest absolute Gasteiger partial charge is 0.157 e. The first kappa shape index (κ1) is 9.99. The van der Waals surface area contributed by atoms with Crippen molar-refractivity contribution in [1.29, 1.82) is 0 Å². The van der Waals surface area contributed by atoms with Gasteiger partial charge in [-0.1, -0.05) is 36.9 Å². The zero-order chi connectivity index (χ0) is 11.2. The molecule has 4 heteroatoms. The van der Waals surface area contributed by atoms with E-state index in [0.717, 1.165) is 12.0 Å². The van der Waals surface area contributed by atoms with Crippen LogP contribution in [0.4, 0.5) is 0 Å². The first-order chi connectivity index (χ1) is 7.72. The van der Waals surface area contributed by atoms with Crippen LogP contribution in [0.3, 0.4) is 0 Å². The molecule has 2 bridgehead atoms. The van der Waals surface area contributed by atoms with Crippen molar-refractivity contribution in [3.63, 3.8) is 0 Å². The second kappa shape index (κ2) is 3.15. The molecule has 4 rings (SSSR count). The van der Waals surface area contributed by atoms with Gasteiger partial charge in [-0.2, -0.15) is 0 Å². The highest BCUT2D eigenvalue weighted by Crippen LogP contribution is 2.40. The minimum Gasteiger partial charge on any atom is -0.330 e. The van der Waals surface area contributed by atoms with Gasteiger partial charge < -0.3 is 5.73 Å². The van der Waals surface area contributed by atoms with Gasteiger partial charge in [-0.3, -0.25) is 16.0 Å². The molecule has 0 atom stereocenters. The first-order valence-corrected chi connectivity index (χ1v) is 5.53. The van der Waals surface area contributed by atoms with E-state index in [9.17, 15) is 0 Å². The molecule has 3 aliphatic heterocycles. The normalized spacial score (nSPS) is 35.1. The molecule has 0 aromatic heterocycles. The average Bonchev–Trinajstić information content (AvgIpc) is 2.22. The summed E-state index contributed by atoms with van der Waals surface area (Å²) >= 11 is 0. The third-order valence-electron chi connectivity index (χ3n) is 3.30. The third-order valence-corrected chi connectivity index (χ3v) is 3.30. The Morgan fingerprint density at radius 2 is 1.81 bits per heavy atom. The molecule has 0 unspecified atom stereocenters. The van der Waals surface area contributed by atoms with Crippen LogP contribution in [-0.2, 0) is 5.79 Å². The van der Waals surface area contributed by atoms with Crippen LogP contribution in [0, 0.1) is 0 Å². The van der Waals surface area contributed by atoms with Crippen LogP contribution in [0.25, 0.3) is 6.08 Å². The number of rotatable bonds is 4. The molecule has 84 valence electrons. The predicted octanol–water partition coefficient (Wildman–Crippen LogP) is 0.239. The van der Waals surface area contributed by atoms with Gasteiger partial charge in [-0.25, -0.2) is 0 Å². The molecule has 16 heavy (non-hydrogen) atoms. The Morgan fingerprint density at radius 3 is 2.31 bits per heavy atom. The van der Waals surface area contributed by atoms with Crippen molar-refractivity contribution >= 4 is 6.08 Å². The SMILES string of the molecule is C=Cc1ccc(C23NC(CCN)(N2)N3)cc1. The molecule has 0 amide bonds. The largest absolute Gasteiger partial charge is 0.330 e. The van der Waals surface area contributed by atoms with Crippen LogP contribution in [0.1, 0.15) is 17.5 Å². The van der Waals surface area contributed by atoms with E-state index in [1.54, 1.807) is 0 Å². The van der Waals surface area contributed by atoms with Crippen LogP contribution in [-0.4, -0.2) is 12.3 Å². The molecule has 3 saturated heterocycles. The van der Waals surface area contributed by atoms with Crippen molar-refractivity contribution in [3.05, 3.63) is 42.0 Å². The van der Waals surface area contributed by atoms with Crippen LogP contribution >= 0.6 is 0 Å². The summed E-state index contributed by atoms with van der Waals surface area (Å²) in [7, 11) is 0. The van der Waals surface area contributed by atoms with Gasteiger partial charge in [0.2, 0.25) is 0 Å². The lowest BCUT2D eigenvalue weighted by Crippen LogP contribution is -3.06. The lowest BCUT2D eigenvalue weighted by atomic mass is 9.87. The molecule has 1 aromatic carbocycles. The van der Waals surface area contributed by atoms with Crippen molar-refractivity contribution in [3.8, 4) is 0 Å². The van der Waals surface area contributed by atoms with E-state index in [4.69, 9.17) is 5.73 Å². The maximum absolute atomic E-state index is 5.54. The third kappa shape index (κ3) is 1.18.